The summed E-state index contributed by atoms with van der Waals surface area (Å²) in [6.45, 7) is 0. The molecule has 0 N–H and O–H groups in total. The summed E-state index contributed by atoms with van der Waals surface area (Å²) in [6, 6.07) is 0. The summed E-state index contributed by atoms with van der Waals surface area (Å²) in [5, 5.41) is 0. The normalized spacial score (nSPS) is 45.9. The molecule has 1 saturated heterocycles. The highest BCUT2D eigenvalue weighted by atomic mass is 79.9. The van der Waals surface area contributed by atoms with Gasteiger partial charge in [0.1, 0.15) is 6.10 Å². The van der Waals surface area contributed by atoms with Crippen LogP contribution in [0.5, 0.6) is 0 Å². The molecule has 0 aromatic carbocycles. The predicted molar refractivity (Wildman–Crippen MR) is 53.1 cm³/mol. The molecule has 0 aromatic rings. The van der Waals surface area contributed by atoms with Gasteiger partial charge in [-0.1, -0.05) is 28.1 Å². The van der Waals surface area contributed by atoms with Crippen LogP contribution in [0.25, 0.3) is 0 Å². The highest BCUT2D eigenvalue weighted by Gasteiger charge is 2.75. The molecule has 3 nitrogen and oxygen atoms in total. The maximum Gasteiger partial charge on any atom is 0.326 e. The second-order valence-corrected chi connectivity index (χ2v) is 5.47. The molecule has 3 aliphatic rings. The number of carbonyl (C=O) groups excluding carboxylic acids is 1. The zero-order chi connectivity index (χ0) is 9.97. The van der Waals surface area contributed by atoms with E-state index in [2.05, 4.69) is 22.0 Å². The summed E-state index contributed by atoms with van der Waals surface area (Å²) < 4.78 is 9.96. The number of fused-ring (bicyclic) bond motifs is 3. The van der Waals surface area contributed by atoms with Crippen molar-refractivity contribution in [3.8, 4) is 0 Å². The third kappa shape index (κ3) is 0.726. The summed E-state index contributed by atoms with van der Waals surface area (Å²) in [6.07, 6.45) is 6.06. The highest BCUT2D eigenvalue weighted by molar-refractivity contribution is 9.10. The first-order chi connectivity index (χ1) is 6.65. The lowest BCUT2D eigenvalue weighted by Gasteiger charge is -2.31. The van der Waals surface area contributed by atoms with Crippen LogP contribution in [0.4, 0.5) is 0 Å². The fourth-order valence-corrected chi connectivity index (χ4v) is 3.78. The van der Waals surface area contributed by atoms with Crippen molar-refractivity contribution in [1.82, 2.24) is 0 Å². The van der Waals surface area contributed by atoms with Gasteiger partial charge >= 0.3 is 5.97 Å². The first kappa shape index (κ1) is 8.92. The molecule has 0 amide bonds. The Kier molecular flexibility index (Phi) is 1.54. The fourth-order valence-electron chi connectivity index (χ4n) is 2.73. The van der Waals surface area contributed by atoms with E-state index in [9.17, 15) is 4.79 Å². The minimum atomic E-state index is -0.631. The molecular weight excluding hydrogens is 248 g/mol. The average Bonchev–Trinajstić information content (AvgIpc) is 2.78. The van der Waals surface area contributed by atoms with Crippen LogP contribution >= 0.6 is 15.9 Å². The molecule has 0 radical (unpaired) electrons. The molecule has 4 heteroatoms. The lowest BCUT2D eigenvalue weighted by Crippen LogP contribution is -2.49. The number of esters is 1. The number of halogens is 1. The van der Waals surface area contributed by atoms with Gasteiger partial charge < -0.3 is 9.47 Å². The third-order valence-electron chi connectivity index (χ3n) is 3.69. The van der Waals surface area contributed by atoms with Gasteiger partial charge in [0.2, 0.25) is 0 Å². The topological polar surface area (TPSA) is 35.5 Å². The van der Waals surface area contributed by atoms with Crippen LogP contribution in [-0.4, -0.2) is 29.6 Å². The molecule has 1 aliphatic carbocycles. The molecule has 1 saturated carbocycles. The van der Waals surface area contributed by atoms with E-state index in [0.29, 0.717) is 0 Å². The molecule has 14 heavy (non-hydrogen) atoms. The second-order valence-electron chi connectivity index (χ2n) is 4.22. The van der Waals surface area contributed by atoms with Crippen LogP contribution in [0.2, 0.25) is 0 Å². The van der Waals surface area contributed by atoms with Gasteiger partial charge in [-0.2, -0.15) is 0 Å². The SMILES string of the molecule is COC(=O)[C@@]1(Br)[C@H]2C=C[C@H](O2)C12CC2. The van der Waals surface area contributed by atoms with E-state index in [1.807, 2.05) is 6.08 Å². The van der Waals surface area contributed by atoms with Gasteiger partial charge in [-0.3, -0.25) is 4.79 Å². The molecular formula is C10H11BrO3. The van der Waals surface area contributed by atoms with Crippen molar-refractivity contribution < 1.29 is 14.3 Å². The Bertz CT molecular complexity index is 334. The van der Waals surface area contributed by atoms with E-state index in [1.165, 1.54) is 7.11 Å². The largest absolute Gasteiger partial charge is 0.468 e. The zero-order valence-corrected chi connectivity index (χ0v) is 9.41. The molecule has 76 valence electrons. The van der Waals surface area contributed by atoms with Gasteiger partial charge in [0, 0.05) is 5.41 Å². The first-order valence-corrected chi connectivity index (χ1v) is 5.55. The van der Waals surface area contributed by atoms with Gasteiger partial charge in [0.05, 0.1) is 13.2 Å². The molecule has 3 atom stereocenters. The van der Waals surface area contributed by atoms with Crippen LogP contribution in [0.3, 0.4) is 0 Å². The van der Waals surface area contributed by atoms with Gasteiger partial charge in [-0.05, 0) is 12.8 Å². The summed E-state index contributed by atoms with van der Waals surface area (Å²) >= 11 is 3.56. The lowest BCUT2D eigenvalue weighted by molar-refractivity contribution is -0.145. The van der Waals surface area contributed by atoms with E-state index < -0.39 is 4.32 Å². The van der Waals surface area contributed by atoms with Crippen LogP contribution in [-0.2, 0) is 14.3 Å². The minimum Gasteiger partial charge on any atom is -0.468 e. The van der Waals surface area contributed by atoms with E-state index in [1.54, 1.807) is 0 Å². The number of alkyl halides is 1. The van der Waals surface area contributed by atoms with Gasteiger partial charge in [0.15, 0.2) is 4.32 Å². The molecule has 2 heterocycles. The molecule has 2 fully saturated rings. The van der Waals surface area contributed by atoms with E-state index >= 15 is 0 Å². The molecule has 2 aliphatic heterocycles. The first-order valence-electron chi connectivity index (χ1n) is 4.76. The van der Waals surface area contributed by atoms with Crippen molar-refractivity contribution in [3.63, 3.8) is 0 Å². The van der Waals surface area contributed by atoms with Crippen molar-refractivity contribution in [2.24, 2.45) is 5.41 Å². The maximum absolute atomic E-state index is 11.8. The molecule has 1 spiro atoms. The Hall–Kier alpha value is -0.350. The minimum absolute atomic E-state index is 0.0283. The average molecular weight is 259 g/mol. The number of hydrogen-bond donors (Lipinski definition) is 0. The van der Waals surface area contributed by atoms with Crippen LogP contribution < -0.4 is 0 Å². The highest BCUT2D eigenvalue weighted by Crippen LogP contribution is 2.69. The summed E-state index contributed by atoms with van der Waals surface area (Å²) in [5.74, 6) is -0.202. The molecule has 2 bridgehead atoms. The smallest absolute Gasteiger partial charge is 0.326 e. The number of ether oxygens (including phenoxy) is 2. The number of hydrogen-bond acceptors (Lipinski definition) is 3. The van der Waals surface area contributed by atoms with Crippen LogP contribution in [0, 0.1) is 5.41 Å². The standard InChI is InChI=1S/C10H11BrO3/c1-13-8(12)10(11)7-3-2-6(14-7)9(10)4-5-9/h2-3,6-7H,4-5H2,1H3/t6-,7+,10-/m0/s1. The molecule has 0 unspecified atom stereocenters. The predicted octanol–water partition coefficient (Wildman–Crippen LogP) is 1.41. The Morgan fingerprint density at radius 1 is 1.50 bits per heavy atom. The summed E-state index contributed by atoms with van der Waals surface area (Å²) in [5.41, 5.74) is -0.0283. The maximum atomic E-state index is 11.8. The number of methoxy groups -OCH3 is 1. The van der Waals surface area contributed by atoms with E-state index in [0.717, 1.165) is 12.8 Å². The Morgan fingerprint density at radius 3 is 2.71 bits per heavy atom. The summed E-state index contributed by atoms with van der Waals surface area (Å²) in [7, 11) is 1.43. The zero-order valence-electron chi connectivity index (χ0n) is 7.83. The lowest BCUT2D eigenvalue weighted by atomic mass is 9.80. The van der Waals surface area contributed by atoms with Crippen molar-refractivity contribution in [3.05, 3.63) is 12.2 Å². The quantitative estimate of drug-likeness (QED) is 0.406. The van der Waals surface area contributed by atoms with Crippen LogP contribution in [0.15, 0.2) is 12.2 Å². The van der Waals surface area contributed by atoms with Crippen LogP contribution in [0.1, 0.15) is 12.8 Å². The van der Waals surface area contributed by atoms with E-state index in [4.69, 9.17) is 9.47 Å². The van der Waals surface area contributed by atoms with Crippen molar-refractivity contribution in [2.45, 2.75) is 29.4 Å². The van der Waals surface area contributed by atoms with Crippen molar-refractivity contribution >= 4 is 21.9 Å². The summed E-state index contributed by atoms with van der Waals surface area (Å²) in [4.78, 5) is 11.8. The fraction of sp³-hybridized carbons (Fsp3) is 0.700. The Balaban J connectivity index is 2.07. The van der Waals surface area contributed by atoms with Crippen molar-refractivity contribution in [2.75, 3.05) is 7.11 Å². The van der Waals surface area contributed by atoms with Crippen molar-refractivity contribution in [1.29, 1.82) is 0 Å². The monoisotopic (exact) mass is 258 g/mol. The molecule has 3 rings (SSSR count). The van der Waals surface area contributed by atoms with E-state index in [-0.39, 0.29) is 23.6 Å². The number of carbonyl (C=O) groups is 1. The Labute approximate surface area is 90.6 Å². The second kappa shape index (κ2) is 2.42. The Morgan fingerprint density at radius 2 is 2.14 bits per heavy atom. The van der Waals surface area contributed by atoms with Gasteiger partial charge in [-0.15, -0.1) is 0 Å². The van der Waals surface area contributed by atoms with Gasteiger partial charge in [-0.25, -0.2) is 0 Å². The third-order valence-corrected chi connectivity index (χ3v) is 5.25. The molecule has 0 aromatic heterocycles. The van der Waals surface area contributed by atoms with Gasteiger partial charge in [0.25, 0.3) is 0 Å². The number of rotatable bonds is 1.